The number of esters is 1. The van der Waals surface area contributed by atoms with Crippen LogP contribution in [0.1, 0.15) is 50.3 Å². The van der Waals surface area contributed by atoms with Gasteiger partial charge in [-0.05, 0) is 50.5 Å². The number of nitrogens with zero attached hydrogens (tertiary/aromatic N) is 1. The number of hydrogen-bond donors (Lipinski definition) is 2. The average molecular weight is 452 g/mol. The summed E-state index contributed by atoms with van der Waals surface area (Å²) < 4.78 is 10.5. The largest absolute Gasteiger partial charge is 0.461 e. The molecule has 174 valence electrons. The van der Waals surface area contributed by atoms with E-state index in [0.717, 1.165) is 11.1 Å². The molecular weight excluding hydrogens is 422 g/mol. The van der Waals surface area contributed by atoms with E-state index in [-0.39, 0.29) is 26.0 Å². The second-order valence-corrected chi connectivity index (χ2v) is 8.41. The van der Waals surface area contributed by atoms with Crippen molar-refractivity contribution in [2.75, 3.05) is 0 Å². The number of benzene rings is 2. The summed E-state index contributed by atoms with van der Waals surface area (Å²) in [7, 11) is 0. The van der Waals surface area contributed by atoms with Gasteiger partial charge in [0, 0.05) is 13.0 Å². The predicted molar refractivity (Wildman–Crippen MR) is 122 cm³/mol. The summed E-state index contributed by atoms with van der Waals surface area (Å²) in [5, 5.41) is 14.2. The van der Waals surface area contributed by atoms with E-state index < -0.39 is 29.6 Å². The zero-order chi connectivity index (χ0) is 24.3. The van der Waals surface area contributed by atoms with E-state index in [1.165, 1.54) is 0 Å². The Hall–Kier alpha value is -3.86. The van der Waals surface area contributed by atoms with E-state index in [0.29, 0.717) is 5.56 Å². The van der Waals surface area contributed by atoms with Crippen molar-refractivity contribution in [2.24, 2.45) is 0 Å². The van der Waals surface area contributed by atoms with Crippen molar-refractivity contribution in [3.63, 3.8) is 0 Å². The molecule has 8 heteroatoms. The van der Waals surface area contributed by atoms with Gasteiger partial charge in [0.2, 0.25) is 5.91 Å². The highest BCUT2D eigenvalue weighted by molar-refractivity contribution is 5.86. The Morgan fingerprint density at radius 3 is 2.27 bits per heavy atom. The quantitative estimate of drug-likeness (QED) is 0.563. The van der Waals surface area contributed by atoms with E-state index >= 15 is 0 Å². The minimum Gasteiger partial charge on any atom is -0.461 e. The summed E-state index contributed by atoms with van der Waals surface area (Å²) in [6.45, 7) is 5.48. The molecule has 1 atom stereocenters. The van der Waals surface area contributed by atoms with Gasteiger partial charge in [0.05, 0.1) is 11.6 Å². The third-order valence-electron chi connectivity index (χ3n) is 4.44. The molecule has 0 fully saturated rings. The molecule has 8 nitrogen and oxygen atoms in total. The zero-order valence-corrected chi connectivity index (χ0v) is 19.1. The van der Waals surface area contributed by atoms with Gasteiger partial charge in [0.1, 0.15) is 18.2 Å². The van der Waals surface area contributed by atoms with Crippen LogP contribution in [0.15, 0.2) is 54.6 Å². The van der Waals surface area contributed by atoms with Crippen LogP contribution in [0, 0.1) is 11.3 Å². The van der Waals surface area contributed by atoms with Crippen molar-refractivity contribution in [1.29, 1.82) is 5.26 Å². The summed E-state index contributed by atoms with van der Waals surface area (Å²) >= 11 is 0. The normalized spacial score (nSPS) is 11.6. The topological polar surface area (TPSA) is 118 Å². The lowest BCUT2D eigenvalue weighted by Crippen LogP contribution is -2.48. The molecule has 0 aliphatic heterocycles. The first kappa shape index (κ1) is 25.4. The molecule has 1 unspecified atom stereocenters. The first-order valence-electron chi connectivity index (χ1n) is 10.6. The van der Waals surface area contributed by atoms with Gasteiger partial charge in [-0.2, -0.15) is 5.26 Å². The van der Waals surface area contributed by atoms with Crippen molar-refractivity contribution >= 4 is 18.0 Å². The molecule has 0 aliphatic carbocycles. The third kappa shape index (κ3) is 9.87. The van der Waals surface area contributed by atoms with Crippen LogP contribution in [-0.2, 0) is 32.2 Å². The number of nitrogens with one attached hydrogen (secondary N) is 2. The van der Waals surface area contributed by atoms with Crippen LogP contribution in [0.4, 0.5) is 4.79 Å². The van der Waals surface area contributed by atoms with Gasteiger partial charge in [-0.1, -0.05) is 42.5 Å². The van der Waals surface area contributed by atoms with Crippen LogP contribution in [0.2, 0.25) is 0 Å². The summed E-state index contributed by atoms with van der Waals surface area (Å²) in [5.41, 5.74) is 1.43. The molecule has 2 aromatic carbocycles. The van der Waals surface area contributed by atoms with Gasteiger partial charge in [-0.25, -0.2) is 4.79 Å². The summed E-state index contributed by atoms with van der Waals surface area (Å²) in [4.78, 5) is 37.1. The van der Waals surface area contributed by atoms with Crippen molar-refractivity contribution in [3.05, 3.63) is 71.3 Å². The molecule has 0 saturated heterocycles. The number of amides is 2. The first-order chi connectivity index (χ1) is 15.7. The maximum absolute atomic E-state index is 12.7. The number of nitriles is 1. The number of hydrogen-bond acceptors (Lipinski definition) is 6. The maximum Gasteiger partial charge on any atom is 0.408 e. The molecule has 2 aromatic rings. The number of alkyl carbamates (subject to hydrolysis) is 1. The molecule has 0 bridgehead atoms. The van der Waals surface area contributed by atoms with E-state index in [1.807, 2.05) is 36.4 Å². The smallest absolute Gasteiger partial charge is 0.408 e. The molecule has 2 amide bonds. The van der Waals surface area contributed by atoms with Crippen molar-refractivity contribution in [1.82, 2.24) is 10.6 Å². The maximum atomic E-state index is 12.7. The van der Waals surface area contributed by atoms with Crippen LogP contribution in [0.25, 0.3) is 0 Å². The van der Waals surface area contributed by atoms with Gasteiger partial charge in [-0.15, -0.1) is 0 Å². The van der Waals surface area contributed by atoms with E-state index in [2.05, 4.69) is 10.6 Å². The first-order valence-corrected chi connectivity index (χ1v) is 10.6. The molecule has 0 aromatic heterocycles. The number of ether oxygens (including phenoxy) is 2. The molecule has 2 rings (SSSR count). The Labute approximate surface area is 193 Å². The second kappa shape index (κ2) is 12.2. The van der Waals surface area contributed by atoms with Crippen LogP contribution < -0.4 is 10.6 Å². The molecule has 0 heterocycles. The SMILES string of the molecule is CC(C)(C)OC(=O)NC(CCC(=O)OCc1ccccc1)C(=O)NCc1ccc(C#N)cc1. The number of carbonyl (C=O) groups excluding carboxylic acids is 3. The van der Waals surface area contributed by atoms with E-state index in [4.69, 9.17) is 14.7 Å². The van der Waals surface area contributed by atoms with E-state index in [1.54, 1.807) is 45.0 Å². The Bertz CT molecular complexity index is 976. The predicted octanol–water partition coefficient (Wildman–Crippen LogP) is 3.59. The van der Waals surface area contributed by atoms with Crippen molar-refractivity contribution < 1.29 is 23.9 Å². The van der Waals surface area contributed by atoms with Gasteiger partial charge in [0.15, 0.2) is 0 Å². The lowest BCUT2D eigenvalue weighted by atomic mass is 10.1. The van der Waals surface area contributed by atoms with Gasteiger partial charge in [-0.3, -0.25) is 9.59 Å². The molecule has 2 N–H and O–H groups in total. The van der Waals surface area contributed by atoms with Crippen molar-refractivity contribution in [2.45, 2.75) is 58.4 Å². The zero-order valence-electron chi connectivity index (χ0n) is 19.1. The Kier molecular flexibility index (Phi) is 9.43. The minimum absolute atomic E-state index is 0.0477. The fourth-order valence-corrected chi connectivity index (χ4v) is 2.80. The van der Waals surface area contributed by atoms with Gasteiger partial charge >= 0.3 is 12.1 Å². The van der Waals surface area contributed by atoms with Crippen LogP contribution in [-0.4, -0.2) is 29.6 Å². The second-order valence-electron chi connectivity index (χ2n) is 8.41. The highest BCUT2D eigenvalue weighted by Gasteiger charge is 2.25. The third-order valence-corrected chi connectivity index (χ3v) is 4.44. The fourth-order valence-electron chi connectivity index (χ4n) is 2.80. The fraction of sp³-hybridized carbons (Fsp3) is 0.360. The van der Waals surface area contributed by atoms with Crippen LogP contribution in [0.3, 0.4) is 0 Å². The summed E-state index contributed by atoms with van der Waals surface area (Å²) in [5.74, 6) is -0.934. The van der Waals surface area contributed by atoms with E-state index in [9.17, 15) is 14.4 Å². The molecule has 33 heavy (non-hydrogen) atoms. The van der Waals surface area contributed by atoms with Crippen molar-refractivity contribution in [3.8, 4) is 6.07 Å². The Balaban J connectivity index is 1.94. The molecule has 0 radical (unpaired) electrons. The van der Waals surface area contributed by atoms with Gasteiger partial charge < -0.3 is 20.1 Å². The minimum atomic E-state index is -0.984. The lowest BCUT2D eigenvalue weighted by molar-refractivity contribution is -0.145. The lowest BCUT2D eigenvalue weighted by Gasteiger charge is -2.23. The summed E-state index contributed by atoms with van der Waals surface area (Å²) in [6, 6.07) is 17.1. The molecule has 0 aliphatic rings. The highest BCUT2D eigenvalue weighted by Crippen LogP contribution is 2.10. The average Bonchev–Trinajstić information content (AvgIpc) is 2.78. The van der Waals surface area contributed by atoms with Crippen LogP contribution >= 0.6 is 0 Å². The standard InChI is InChI=1S/C25H29N3O5/c1-25(2,3)33-24(31)28-21(13-14-22(29)32-17-20-7-5-4-6-8-20)23(30)27-16-19-11-9-18(15-26)10-12-19/h4-12,21H,13-14,16-17H2,1-3H3,(H,27,30)(H,28,31). The Morgan fingerprint density at radius 1 is 1.00 bits per heavy atom. The number of carbonyl (C=O) groups is 3. The van der Waals surface area contributed by atoms with Gasteiger partial charge in [0.25, 0.3) is 0 Å². The highest BCUT2D eigenvalue weighted by atomic mass is 16.6. The number of rotatable bonds is 9. The molecular formula is C25H29N3O5. The Morgan fingerprint density at radius 2 is 1.67 bits per heavy atom. The summed E-state index contributed by atoms with van der Waals surface area (Å²) in [6.07, 6.45) is -0.761. The van der Waals surface area contributed by atoms with Crippen LogP contribution in [0.5, 0.6) is 0 Å². The molecule has 0 spiro atoms. The molecule has 0 saturated carbocycles. The monoisotopic (exact) mass is 451 g/mol.